The number of halogens is 4. The van der Waals surface area contributed by atoms with Crippen molar-refractivity contribution in [3.05, 3.63) is 99.9 Å². The smallest absolute Gasteiger partial charge is 0.481 e. The first-order valence-corrected chi connectivity index (χ1v) is 13.0. The first kappa shape index (κ1) is 35.2. The summed E-state index contributed by atoms with van der Waals surface area (Å²) in [5.41, 5.74) is 8.34. The van der Waals surface area contributed by atoms with Crippen LogP contribution in [0.3, 0.4) is 0 Å². The number of nitrogens with two attached hydrogens (primary N) is 1. The van der Waals surface area contributed by atoms with Crippen LogP contribution in [-0.4, -0.2) is 54.5 Å². The number of ether oxygens (including phenoxy) is 1. The summed E-state index contributed by atoms with van der Waals surface area (Å²) in [6, 6.07) is 13.4. The third kappa shape index (κ3) is 9.81. The number of aliphatic imine (C=N–C) groups is 1. The van der Waals surface area contributed by atoms with Gasteiger partial charge in [-0.05, 0) is 50.3 Å². The van der Waals surface area contributed by atoms with Crippen LogP contribution in [0.2, 0.25) is 5.02 Å². The number of alkyl halides is 3. The Labute approximate surface area is 255 Å². The topological polar surface area (TPSA) is 172 Å². The van der Waals surface area contributed by atoms with Gasteiger partial charge in [0.2, 0.25) is 5.88 Å². The van der Waals surface area contributed by atoms with Crippen molar-refractivity contribution in [1.82, 2.24) is 10.6 Å². The van der Waals surface area contributed by atoms with Crippen LogP contribution in [0.1, 0.15) is 35.8 Å². The van der Waals surface area contributed by atoms with E-state index in [4.69, 9.17) is 32.0 Å². The summed E-state index contributed by atoms with van der Waals surface area (Å²) in [6.45, 7) is 7.46. The molecule has 3 rings (SSSR count). The summed E-state index contributed by atoms with van der Waals surface area (Å²) in [7, 11) is 1.41. The molecule has 15 heteroatoms. The fourth-order valence-electron chi connectivity index (χ4n) is 3.49. The molecule has 0 bridgehead atoms. The van der Waals surface area contributed by atoms with Crippen LogP contribution in [0.15, 0.2) is 88.8 Å². The van der Waals surface area contributed by atoms with Crippen LogP contribution in [0.4, 0.5) is 18.9 Å². The highest BCUT2D eigenvalue weighted by Gasteiger charge is 2.38. The molecule has 2 aromatic carbocycles. The third-order valence-electron chi connectivity index (χ3n) is 5.74. The van der Waals surface area contributed by atoms with Crippen LogP contribution in [0, 0.1) is 0 Å². The van der Waals surface area contributed by atoms with Crippen molar-refractivity contribution in [1.29, 1.82) is 0 Å². The summed E-state index contributed by atoms with van der Waals surface area (Å²) >= 11 is 6.29. The zero-order chi connectivity index (χ0) is 33.2. The number of rotatable bonds is 8. The molecule has 44 heavy (non-hydrogen) atoms. The Morgan fingerprint density at radius 2 is 1.75 bits per heavy atom. The Morgan fingerprint density at radius 1 is 1.14 bits per heavy atom. The molecule has 2 aromatic rings. The number of carbonyl (C=O) groups is 4. The minimum Gasteiger partial charge on any atom is -0.481 e. The van der Waals surface area contributed by atoms with E-state index < -0.39 is 35.9 Å². The van der Waals surface area contributed by atoms with E-state index in [1.165, 1.54) is 31.4 Å². The van der Waals surface area contributed by atoms with Gasteiger partial charge >= 0.3 is 12.1 Å². The highest BCUT2D eigenvalue weighted by atomic mass is 35.5. The Balaban J connectivity index is 0.000000860. The number of amides is 3. The highest BCUT2D eigenvalue weighted by molar-refractivity contribution is 6.35. The number of carbonyl (C=O) groups excluding carboxylic acids is 3. The Kier molecular flexibility index (Phi) is 12.4. The summed E-state index contributed by atoms with van der Waals surface area (Å²) in [4.78, 5) is 51.7. The number of nitrogens with zero attached hydrogens (tertiary/aromatic N) is 1. The van der Waals surface area contributed by atoms with Gasteiger partial charge in [0.25, 0.3) is 17.7 Å². The van der Waals surface area contributed by atoms with E-state index in [0.29, 0.717) is 5.57 Å². The zero-order valence-electron chi connectivity index (χ0n) is 23.7. The molecule has 11 nitrogen and oxygen atoms in total. The number of anilines is 1. The van der Waals surface area contributed by atoms with Crippen molar-refractivity contribution >= 4 is 46.8 Å². The molecule has 0 aliphatic carbocycles. The fourth-order valence-corrected chi connectivity index (χ4v) is 3.65. The molecule has 0 fully saturated rings. The molecule has 0 aromatic heterocycles. The second kappa shape index (κ2) is 15.5. The molecule has 234 valence electrons. The molecule has 1 heterocycles. The Morgan fingerprint density at radius 3 is 2.27 bits per heavy atom. The van der Waals surface area contributed by atoms with Gasteiger partial charge in [0.1, 0.15) is 11.4 Å². The van der Waals surface area contributed by atoms with Gasteiger partial charge in [0, 0.05) is 17.7 Å². The van der Waals surface area contributed by atoms with Crippen LogP contribution in [-0.2, 0) is 19.1 Å². The summed E-state index contributed by atoms with van der Waals surface area (Å²) in [6.07, 6.45) is -3.65. The maximum atomic E-state index is 13.1. The summed E-state index contributed by atoms with van der Waals surface area (Å²) in [5, 5.41) is 15.4. The molecule has 1 aliphatic rings. The minimum atomic E-state index is -5.08. The van der Waals surface area contributed by atoms with E-state index >= 15 is 0 Å². The maximum absolute atomic E-state index is 13.1. The quantitative estimate of drug-likeness (QED) is 0.213. The van der Waals surface area contributed by atoms with Crippen molar-refractivity contribution in [2.75, 3.05) is 19.0 Å². The monoisotopic (exact) mass is 635 g/mol. The molecular weight excluding hydrogens is 607 g/mol. The van der Waals surface area contributed by atoms with Crippen molar-refractivity contribution in [2.45, 2.75) is 26.1 Å². The first-order chi connectivity index (χ1) is 20.6. The fraction of sp³-hybridized carbons (Fsp3) is 0.207. The van der Waals surface area contributed by atoms with Crippen LogP contribution in [0.5, 0.6) is 0 Å². The van der Waals surface area contributed by atoms with Gasteiger partial charge in [-0.2, -0.15) is 18.2 Å². The van der Waals surface area contributed by atoms with Crippen molar-refractivity contribution in [3.63, 3.8) is 0 Å². The predicted octanol–water partition coefficient (Wildman–Crippen LogP) is 4.25. The number of methoxy groups -OCH3 is 1. The lowest BCUT2D eigenvalue weighted by Crippen LogP contribution is -2.40. The lowest BCUT2D eigenvalue weighted by Gasteiger charge is -2.20. The lowest BCUT2D eigenvalue weighted by atomic mass is 10.0. The molecule has 0 saturated heterocycles. The molecule has 6 N–H and O–H groups in total. The number of carboxylic acids is 1. The zero-order valence-corrected chi connectivity index (χ0v) is 24.5. The standard InChI is InChI=1S/C27H28ClN5O4.C2HF3O2/c1-15(2)19-13-20(27(36)33-24(19)30-16(3)37-4)26(35)31-22-12-18(10-11-21(22)28)25(34)32-23(14-29)17-8-6-5-7-9-17;3-2(4,5)1(6)7/h5-13,23H,3,14,29H2,1-2,4H3,(H,31,35)(H,32,34)(H,30,33,36);(H,6,7). The number of allylic oxidation sites excluding steroid dienone is 1. The van der Waals surface area contributed by atoms with E-state index in [1.807, 2.05) is 44.2 Å². The maximum Gasteiger partial charge on any atom is 0.490 e. The van der Waals surface area contributed by atoms with Crippen LogP contribution >= 0.6 is 11.6 Å². The molecular formula is C29H29ClF3N5O6. The summed E-state index contributed by atoms with van der Waals surface area (Å²) < 4.78 is 36.7. The molecule has 1 atom stereocenters. The molecule has 1 aliphatic heterocycles. The van der Waals surface area contributed by atoms with Gasteiger partial charge in [0.15, 0.2) is 0 Å². The first-order valence-electron chi connectivity index (χ1n) is 12.6. The van der Waals surface area contributed by atoms with Crippen LogP contribution in [0.25, 0.3) is 0 Å². The van der Waals surface area contributed by atoms with Gasteiger partial charge < -0.3 is 31.5 Å². The Hall–Kier alpha value is -4.95. The van der Waals surface area contributed by atoms with E-state index in [1.54, 1.807) is 0 Å². The Bertz CT molecular complexity index is 1530. The number of carboxylic acid groups (broad SMARTS) is 1. The lowest BCUT2D eigenvalue weighted by molar-refractivity contribution is -0.192. The van der Waals surface area contributed by atoms with Gasteiger partial charge in [-0.25, -0.2) is 4.79 Å². The van der Waals surface area contributed by atoms with E-state index in [0.717, 1.165) is 11.1 Å². The molecule has 3 amide bonds. The molecule has 0 radical (unpaired) electrons. The summed E-state index contributed by atoms with van der Waals surface area (Å²) in [5.74, 6) is -4.20. The van der Waals surface area contributed by atoms with Gasteiger partial charge in [-0.15, -0.1) is 0 Å². The van der Waals surface area contributed by atoms with Crippen molar-refractivity contribution in [3.8, 4) is 0 Å². The van der Waals surface area contributed by atoms with Gasteiger partial charge in [-0.3, -0.25) is 14.4 Å². The van der Waals surface area contributed by atoms with E-state index in [-0.39, 0.29) is 40.1 Å². The SMILES string of the molecule is C=C(/N=C1/NC(=O)C(C(=O)Nc2cc(C(=O)NC(CN)c3ccccc3)ccc2Cl)=CC1=C(C)C)OC.O=C(O)C(F)(F)F. The second-order valence-electron chi connectivity index (χ2n) is 9.11. The van der Waals surface area contributed by atoms with E-state index in [2.05, 4.69) is 27.5 Å². The highest BCUT2D eigenvalue weighted by Crippen LogP contribution is 2.25. The number of amidine groups is 1. The largest absolute Gasteiger partial charge is 0.490 e. The van der Waals surface area contributed by atoms with Crippen LogP contribution < -0.4 is 21.7 Å². The molecule has 1 unspecified atom stereocenters. The second-order valence-corrected chi connectivity index (χ2v) is 9.52. The number of benzene rings is 2. The number of nitrogens with one attached hydrogen (secondary N) is 3. The predicted molar refractivity (Wildman–Crippen MR) is 158 cm³/mol. The number of hydrogen-bond acceptors (Lipinski definition) is 7. The number of hydrogen-bond donors (Lipinski definition) is 5. The van der Waals surface area contributed by atoms with Gasteiger partial charge in [0.05, 0.1) is 23.9 Å². The van der Waals surface area contributed by atoms with E-state index in [9.17, 15) is 27.6 Å². The molecule has 0 saturated carbocycles. The average molecular weight is 636 g/mol. The van der Waals surface area contributed by atoms with Crippen molar-refractivity contribution in [2.24, 2.45) is 10.7 Å². The van der Waals surface area contributed by atoms with Crippen molar-refractivity contribution < 1.29 is 42.2 Å². The number of aliphatic carboxylic acids is 1. The third-order valence-corrected chi connectivity index (χ3v) is 6.07. The normalized spacial score (nSPS) is 14.3. The minimum absolute atomic E-state index is 0.0985. The van der Waals surface area contributed by atoms with Gasteiger partial charge in [-0.1, -0.05) is 47.5 Å². The average Bonchev–Trinajstić information content (AvgIpc) is 2.96. The molecule has 0 spiro atoms.